The molecule has 0 unspecified atom stereocenters. The van der Waals surface area contributed by atoms with Gasteiger partial charge in [-0.15, -0.1) is 0 Å². The summed E-state index contributed by atoms with van der Waals surface area (Å²) < 4.78 is 69.7. The van der Waals surface area contributed by atoms with Gasteiger partial charge in [0, 0.05) is 18.8 Å². The van der Waals surface area contributed by atoms with Gasteiger partial charge in [-0.3, -0.25) is 4.79 Å². The standard InChI is InChI=1S/C16H17ClF3N3O3S/c1-16(2,3)22-27(25,26)10-7-23(4)14(13(10)20)15(24)21-9-6-5-8(18)11(17)12(9)19/h5-7,22H,1-4H3,(H,21,24). The number of halogens is 4. The summed E-state index contributed by atoms with van der Waals surface area (Å²) in [5.74, 6) is -4.70. The lowest BCUT2D eigenvalue weighted by Gasteiger charge is -2.19. The third-order valence-corrected chi connectivity index (χ3v) is 5.41. The Morgan fingerprint density at radius 3 is 2.30 bits per heavy atom. The molecule has 6 nitrogen and oxygen atoms in total. The van der Waals surface area contributed by atoms with E-state index in [1.165, 1.54) is 7.05 Å². The summed E-state index contributed by atoms with van der Waals surface area (Å²) in [7, 11) is -3.00. The maximum atomic E-state index is 14.7. The largest absolute Gasteiger partial charge is 0.343 e. The van der Waals surface area contributed by atoms with Crippen LogP contribution in [0.4, 0.5) is 18.9 Å². The molecule has 0 aliphatic carbocycles. The van der Waals surface area contributed by atoms with E-state index >= 15 is 0 Å². The minimum absolute atomic E-state index is 0.482. The highest BCUT2D eigenvalue weighted by molar-refractivity contribution is 7.89. The number of sulfonamides is 1. The fourth-order valence-electron chi connectivity index (χ4n) is 2.28. The van der Waals surface area contributed by atoms with Gasteiger partial charge in [0.25, 0.3) is 5.91 Å². The van der Waals surface area contributed by atoms with Gasteiger partial charge in [-0.1, -0.05) is 11.6 Å². The van der Waals surface area contributed by atoms with Gasteiger partial charge in [0.05, 0.1) is 5.69 Å². The Labute approximate surface area is 159 Å². The first kappa shape index (κ1) is 21.3. The summed E-state index contributed by atoms with van der Waals surface area (Å²) in [6.07, 6.45) is 0.923. The molecule has 0 atom stereocenters. The lowest BCUT2D eigenvalue weighted by atomic mass is 10.1. The van der Waals surface area contributed by atoms with Crippen molar-refractivity contribution >= 4 is 33.2 Å². The van der Waals surface area contributed by atoms with Crippen molar-refractivity contribution in [1.29, 1.82) is 0 Å². The van der Waals surface area contributed by atoms with Gasteiger partial charge < -0.3 is 9.88 Å². The van der Waals surface area contributed by atoms with Crippen LogP contribution in [0.2, 0.25) is 5.02 Å². The fraction of sp³-hybridized carbons (Fsp3) is 0.312. The number of benzene rings is 1. The Bertz CT molecular complexity index is 1010. The highest BCUT2D eigenvalue weighted by atomic mass is 35.5. The molecule has 0 bridgehead atoms. The lowest BCUT2D eigenvalue weighted by molar-refractivity contribution is 0.101. The number of aryl methyl sites for hydroxylation is 1. The zero-order valence-corrected chi connectivity index (χ0v) is 16.4. The summed E-state index contributed by atoms with van der Waals surface area (Å²) in [6.45, 7) is 4.71. The Balaban J connectivity index is 2.42. The van der Waals surface area contributed by atoms with Gasteiger partial charge in [-0.2, -0.15) is 0 Å². The van der Waals surface area contributed by atoms with Crippen LogP contribution in [-0.4, -0.2) is 24.4 Å². The van der Waals surface area contributed by atoms with E-state index in [-0.39, 0.29) is 0 Å². The molecule has 0 saturated carbocycles. The van der Waals surface area contributed by atoms with Gasteiger partial charge in [0.2, 0.25) is 10.0 Å². The van der Waals surface area contributed by atoms with Gasteiger partial charge in [-0.25, -0.2) is 26.3 Å². The molecule has 2 aromatic rings. The highest BCUT2D eigenvalue weighted by Gasteiger charge is 2.31. The summed E-state index contributed by atoms with van der Waals surface area (Å²) in [6, 6.07) is 1.74. The average Bonchev–Trinajstić information content (AvgIpc) is 2.81. The Morgan fingerprint density at radius 2 is 1.74 bits per heavy atom. The molecule has 2 rings (SSSR count). The van der Waals surface area contributed by atoms with Crippen LogP contribution in [0.25, 0.3) is 0 Å². The first-order chi connectivity index (χ1) is 12.2. The number of anilines is 1. The zero-order valence-electron chi connectivity index (χ0n) is 14.8. The van der Waals surface area contributed by atoms with Crippen LogP contribution >= 0.6 is 11.6 Å². The number of nitrogens with one attached hydrogen (secondary N) is 2. The number of amides is 1. The summed E-state index contributed by atoms with van der Waals surface area (Å²) in [5, 5.41) is 1.21. The van der Waals surface area contributed by atoms with Gasteiger partial charge in [0.15, 0.2) is 11.6 Å². The van der Waals surface area contributed by atoms with Gasteiger partial charge in [-0.05, 0) is 32.9 Å². The molecule has 0 saturated heterocycles. The van der Waals surface area contributed by atoms with E-state index in [1.807, 2.05) is 5.32 Å². The number of aromatic nitrogens is 1. The Kier molecular flexibility index (Phi) is 5.65. The van der Waals surface area contributed by atoms with E-state index in [9.17, 15) is 26.4 Å². The van der Waals surface area contributed by atoms with Crippen molar-refractivity contribution in [2.24, 2.45) is 7.05 Å². The monoisotopic (exact) mass is 423 g/mol. The van der Waals surface area contributed by atoms with Crippen LogP contribution < -0.4 is 10.0 Å². The van der Waals surface area contributed by atoms with Crippen molar-refractivity contribution in [2.45, 2.75) is 31.2 Å². The van der Waals surface area contributed by atoms with Crippen LogP contribution in [-0.2, 0) is 17.1 Å². The Morgan fingerprint density at radius 1 is 1.15 bits per heavy atom. The second-order valence-corrected chi connectivity index (χ2v) is 8.83. The molecular weight excluding hydrogens is 407 g/mol. The van der Waals surface area contributed by atoms with Crippen molar-refractivity contribution in [3.8, 4) is 0 Å². The highest BCUT2D eigenvalue weighted by Crippen LogP contribution is 2.27. The van der Waals surface area contributed by atoms with Gasteiger partial charge >= 0.3 is 0 Å². The molecular formula is C16H17ClF3N3O3S. The molecule has 148 valence electrons. The maximum Gasteiger partial charge on any atom is 0.275 e. The summed E-state index contributed by atoms with van der Waals surface area (Å²) >= 11 is 5.43. The van der Waals surface area contributed by atoms with E-state index in [0.717, 1.165) is 22.9 Å². The first-order valence-electron chi connectivity index (χ1n) is 7.58. The number of nitrogens with zero attached hydrogens (tertiary/aromatic N) is 1. The van der Waals surface area contributed by atoms with Crippen LogP contribution in [0.1, 0.15) is 31.3 Å². The number of hydrogen-bond donors (Lipinski definition) is 2. The molecule has 1 aromatic carbocycles. The Hall–Kier alpha value is -2.04. The van der Waals surface area contributed by atoms with Crippen LogP contribution in [0.15, 0.2) is 23.2 Å². The molecule has 1 amide bonds. The minimum Gasteiger partial charge on any atom is -0.343 e. The lowest BCUT2D eigenvalue weighted by Crippen LogP contribution is -2.40. The minimum atomic E-state index is -4.25. The van der Waals surface area contributed by atoms with Crippen molar-refractivity contribution < 1.29 is 26.4 Å². The molecule has 0 spiro atoms. The van der Waals surface area contributed by atoms with E-state index < -0.39 is 60.2 Å². The van der Waals surface area contributed by atoms with Crippen molar-refractivity contribution in [3.05, 3.63) is 46.5 Å². The average molecular weight is 424 g/mol. The first-order valence-corrected chi connectivity index (χ1v) is 9.44. The quantitative estimate of drug-likeness (QED) is 0.739. The molecule has 0 aliphatic rings. The molecule has 11 heteroatoms. The van der Waals surface area contributed by atoms with Crippen molar-refractivity contribution in [2.75, 3.05) is 5.32 Å². The van der Waals surface area contributed by atoms with Crippen LogP contribution in [0.5, 0.6) is 0 Å². The second kappa shape index (κ2) is 7.17. The maximum absolute atomic E-state index is 14.7. The molecule has 1 heterocycles. The number of carbonyl (C=O) groups is 1. The molecule has 27 heavy (non-hydrogen) atoms. The molecule has 1 aromatic heterocycles. The molecule has 0 fully saturated rings. The van der Waals surface area contributed by atoms with E-state index in [0.29, 0.717) is 0 Å². The predicted octanol–water partition coefficient (Wildman–Crippen LogP) is 3.42. The van der Waals surface area contributed by atoms with E-state index in [2.05, 4.69) is 4.72 Å². The van der Waals surface area contributed by atoms with Crippen LogP contribution in [0, 0.1) is 17.5 Å². The number of rotatable bonds is 4. The van der Waals surface area contributed by atoms with Crippen molar-refractivity contribution in [3.63, 3.8) is 0 Å². The predicted molar refractivity (Wildman–Crippen MR) is 94.8 cm³/mol. The van der Waals surface area contributed by atoms with Crippen molar-refractivity contribution in [1.82, 2.24) is 9.29 Å². The summed E-state index contributed by atoms with van der Waals surface area (Å²) in [4.78, 5) is 11.6. The summed E-state index contributed by atoms with van der Waals surface area (Å²) in [5.41, 5.74) is -2.01. The molecule has 2 N–H and O–H groups in total. The third kappa shape index (κ3) is 4.45. The smallest absolute Gasteiger partial charge is 0.275 e. The number of hydrogen-bond acceptors (Lipinski definition) is 3. The molecule has 0 aliphatic heterocycles. The third-order valence-electron chi connectivity index (χ3n) is 3.32. The fourth-order valence-corrected chi connectivity index (χ4v) is 3.99. The normalized spacial score (nSPS) is 12.3. The molecule has 0 radical (unpaired) electrons. The van der Waals surface area contributed by atoms with E-state index in [4.69, 9.17) is 11.6 Å². The SMILES string of the molecule is Cn1cc(S(=O)(=O)NC(C)(C)C)c(F)c1C(=O)Nc1ccc(F)c(Cl)c1F. The second-order valence-electron chi connectivity index (χ2n) is 6.80. The topological polar surface area (TPSA) is 80.2 Å². The van der Waals surface area contributed by atoms with Gasteiger partial charge in [0.1, 0.15) is 21.4 Å². The van der Waals surface area contributed by atoms with E-state index in [1.54, 1.807) is 20.8 Å². The number of carbonyl (C=O) groups excluding carboxylic acids is 1. The van der Waals surface area contributed by atoms with Crippen LogP contribution in [0.3, 0.4) is 0 Å². The zero-order chi connectivity index (χ0) is 20.7.